The van der Waals surface area contributed by atoms with Crippen LogP contribution in [0.1, 0.15) is 46.0 Å². The van der Waals surface area contributed by atoms with Crippen LogP contribution in [0.2, 0.25) is 0 Å². The van der Waals surface area contributed by atoms with E-state index in [2.05, 4.69) is 0 Å². The number of carbonyl (C=O) groups excluding carboxylic acids is 2. The van der Waals surface area contributed by atoms with E-state index in [0.29, 0.717) is 29.5 Å². The van der Waals surface area contributed by atoms with E-state index in [0.717, 1.165) is 4.73 Å². The zero-order valence-electron chi connectivity index (χ0n) is 9.61. The molecule has 0 amide bonds. The fraction of sp³-hybridized carbons (Fsp3) is 0.455. The Morgan fingerprint density at radius 3 is 2.50 bits per heavy atom. The third-order valence-electron chi connectivity index (χ3n) is 2.46. The minimum atomic E-state index is -0.620. The predicted molar refractivity (Wildman–Crippen MR) is 57.1 cm³/mol. The number of aldehydes is 1. The number of ether oxygens (including phenoxy) is 1. The van der Waals surface area contributed by atoms with Crippen LogP contribution in [0.5, 0.6) is 0 Å². The quantitative estimate of drug-likeness (QED) is 0.480. The Kier molecular flexibility index (Phi) is 3.71. The molecule has 1 N–H and O–H groups in total. The van der Waals surface area contributed by atoms with Gasteiger partial charge in [0.15, 0.2) is 12.0 Å². The molecule has 0 saturated heterocycles. The lowest BCUT2D eigenvalue weighted by atomic mass is 10.1. The molecule has 0 bridgehead atoms. The van der Waals surface area contributed by atoms with Crippen LogP contribution in [0.15, 0.2) is 0 Å². The Hall–Kier alpha value is -1.78. The van der Waals surface area contributed by atoms with Crippen LogP contribution in [0.25, 0.3) is 0 Å². The monoisotopic (exact) mass is 225 g/mol. The number of carbonyl (C=O) groups is 2. The summed E-state index contributed by atoms with van der Waals surface area (Å²) < 4.78 is 5.56. The zero-order valence-corrected chi connectivity index (χ0v) is 9.61. The van der Waals surface area contributed by atoms with E-state index in [1.807, 2.05) is 0 Å². The molecular weight excluding hydrogens is 210 g/mol. The Balaban J connectivity index is 3.35. The highest BCUT2D eigenvalue weighted by Crippen LogP contribution is 2.21. The van der Waals surface area contributed by atoms with Gasteiger partial charge in [0.1, 0.15) is 0 Å². The standard InChI is InChI=1S/C11H15NO4/c1-4-9-8(6-13)7(3)10(12(9)15)11(14)16-5-2/h6,15H,4-5H2,1-3H3. The van der Waals surface area contributed by atoms with Gasteiger partial charge in [-0.1, -0.05) is 6.92 Å². The smallest absolute Gasteiger partial charge is 0.358 e. The van der Waals surface area contributed by atoms with Crippen molar-refractivity contribution in [2.24, 2.45) is 0 Å². The molecule has 1 heterocycles. The maximum atomic E-state index is 11.6. The van der Waals surface area contributed by atoms with Crippen molar-refractivity contribution in [2.45, 2.75) is 27.2 Å². The summed E-state index contributed by atoms with van der Waals surface area (Å²) in [6, 6.07) is 0. The van der Waals surface area contributed by atoms with Gasteiger partial charge in [-0.15, -0.1) is 0 Å². The number of hydrogen-bond acceptors (Lipinski definition) is 4. The van der Waals surface area contributed by atoms with Crippen molar-refractivity contribution in [1.82, 2.24) is 4.73 Å². The molecule has 0 unspecified atom stereocenters. The molecule has 1 aromatic heterocycles. The molecule has 16 heavy (non-hydrogen) atoms. The van der Waals surface area contributed by atoms with Gasteiger partial charge in [-0.3, -0.25) is 4.79 Å². The molecular formula is C11H15NO4. The topological polar surface area (TPSA) is 68.5 Å². The van der Waals surface area contributed by atoms with Gasteiger partial charge < -0.3 is 9.94 Å². The summed E-state index contributed by atoms with van der Waals surface area (Å²) in [5.41, 5.74) is 1.26. The van der Waals surface area contributed by atoms with E-state index in [1.54, 1.807) is 20.8 Å². The van der Waals surface area contributed by atoms with Crippen LogP contribution >= 0.6 is 0 Å². The highest BCUT2D eigenvalue weighted by atomic mass is 16.5. The Morgan fingerprint density at radius 2 is 2.12 bits per heavy atom. The summed E-state index contributed by atoms with van der Waals surface area (Å²) in [5.74, 6) is -0.620. The number of aromatic nitrogens is 1. The first-order valence-corrected chi connectivity index (χ1v) is 5.14. The molecule has 5 heteroatoms. The molecule has 1 aromatic rings. The van der Waals surface area contributed by atoms with Gasteiger partial charge in [-0.25, -0.2) is 4.79 Å². The summed E-state index contributed by atoms with van der Waals surface area (Å²) >= 11 is 0. The second kappa shape index (κ2) is 4.83. The lowest BCUT2D eigenvalue weighted by Crippen LogP contribution is -2.12. The highest BCUT2D eigenvalue weighted by molar-refractivity contribution is 5.94. The summed E-state index contributed by atoms with van der Waals surface area (Å²) in [4.78, 5) is 22.4. The average Bonchev–Trinajstić information content (AvgIpc) is 2.49. The van der Waals surface area contributed by atoms with Crippen molar-refractivity contribution >= 4 is 12.3 Å². The summed E-state index contributed by atoms with van der Waals surface area (Å²) in [6.45, 7) is 5.31. The van der Waals surface area contributed by atoms with Crippen LogP contribution in [-0.4, -0.2) is 28.8 Å². The molecule has 0 aliphatic rings. The van der Waals surface area contributed by atoms with Gasteiger partial charge in [-0.05, 0) is 25.8 Å². The fourth-order valence-corrected chi connectivity index (χ4v) is 1.69. The van der Waals surface area contributed by atoms with E-state index in [4.69, 9.17) is 4.74 Å². The molecule has 0 aromatic carbocycles. The molecule has 0 atom stereocenters. The lowest BCUT2D eigenvalue weighted by molar-refractivity contribution is 0.0471. The number of hydrogen-bond donors (Lipinski definition) is 1. The Morgan fingerprint density at radius 1 is 1.50 bits per heavy atom. The molecule has 0 saturated carbocycles. The Labute approximate surface area is 93.6 Å². The molecule has 0 aliphatic carbocycles. The molecule has 5 nitrogen and oxygen atoms in total. The maximum absolute atomic E-state index is 11.6. The Bertz CT molecular complexity index is 420. The predicted octanol–water partition coefficient (Wildman–Crippen LogP) is 1.59. The van der Waals surface area contributed by atoms with Crippen molar-refractivity contribution < 1.29 is 19.5 Å². The lowest BCUT2D eigenvalue weighted by Gasteiger charge is -2.04. The van der Waals surface area contributed by atoms with E-state index >= 15 is 0 Å². The van der Waals surface area contributed by atoms with Crippen LogP contribution in [0.3, 0.4) is 0 Å². The molecule has 0 fully saturated rings. The maximum Gasteiger partial charge on any atom is 0.358 e. The van der Waals surface area contributed by atoms with Gasteiger partial charge in [0.05, 0.1) is 12.3 Å². The van der Waals surface area contributed by atoms with Crippen LogP contribution in [0, 0.1) is 6.92 Å². The van der Waals surface area contributed by atoms with Gasteiger partial charge in [-0.2, -0.15) is 4.73 Å². The minimum Gasteiger partial charge on any atom is -0.461 e. The van der Waals surface area contributed by atoms with E-state index in [-0.39, 0.29) is 12.3 Å². The largest absolute Gasteiger partial charge is 0.461 e. The number of esters is 1. The van der Waals surface area contributed by atoms with E-state index in [1.165, 1.54) is 0 Å². The normalized spacial score (nSPS) is 10.2. The highest BCUT2D eigenvalue weighted by Gasteiger charge is 2.24. The first kappa shape index (κ1) is 12.3. The summed E-state index contributed by atoms with van der Waals surface area (Å²) in [5, 5.41) is 9.78. The summed E-state index contributed by atoms with van der Waals surface area (Å²) in [6.07, 6.45) is 1.11. The van der Waals surface area contributed by atoms with Crippen molar-refractivity contribution in [3.63, 3.8) is 0 Å². The van der Waals surface area contributed by atoms with Gasteiger partial charge in [0.2, 0.25) is 0 Å². The first-order valence-electron chi connectivity index (χ1n) is 5.14. The summed E-state index contributed by atoms with van der Waals surface area (Å²) in [7, 11) is 0. The van der Waals surface area contributed by atoms with E-state index < -0.39 is 5.97 Å². The third kappa shape index (κ3) is 1.80. The SMILES string of the molecule is CCOC(=O)c1c(C)c(C=O)c(CC)n1O. The van der Waals surface area contributed by atoms with Gasteiger partial charge >= 0.3 is 5.97 Å². The molecule has 1 rings (SSSR count). The average molecular weight is 225 g/mol. The fourth-order valence-electron chi connectivity index (χ4n) is 1.69. The van der Waals surface area contributed by atoms with Crippen molar-refractivity contribution in [3.05, 3.63) is 22.5 Å². The van der Waals surface area contributed by atoms with E-state index in [9.17, 15) is 14.8 Å². The third-order valence-corrected chi connectivity index (χ3v) is 2.46. The van der Waals surface area contributed by atoms with Crippen LogP contribution < -0.4 is 0 Å². The van der Waals surface area contributed by atoms with Gasteiger partial charge in [0, 0.05) is 5.56 Å². The number of rotatable bonds is 4. The molecule has 0 spiro atoms. The van der Waals surface area contributed by atoms with Crippen molar-refractivity contribution in [2.75, 3.05) is 6.61 Å². The zero-order chi connectivity index (χ0) is 12.3. The van der Waals surface area contributed by atoms with Crippen molar-refractivity contribution in [3.8, 4) is 0 Å². The van der Waals surface area contributed by atoms with Crippen molar-refractivity contribution in [1.29, 1.82) is 0 Å². The molecule has 0 radical (unpaired) electrons. The molecule has 88 valence electrons. The molecule has 0 aliphatic heterocycles. The van der Waals surface area contributed by atoms with Crippen LogP contribution in [0.4, 0.5) is 0 Å². The van der Waals surface area contributed by atoms with Gasteiger partial charge in [0.25, 0.3) is 0 Å². The van der Waals surface area contributed by atoms with Crippen LogP contribution in [-0.2, 0) is 11.2 Å². The number of nitrogens with zero attached hydrogens (tertiary/aromatic N) is 1. The second-order valence-corrected chi connectivity index (χ2v) is 3.34. The minimum absolute atomic E-state index is 0.0285. The first-order chi connectivity index (χ1) is 7.58. The second-order valence-electron chi connectivity index (χ2n) is 3.34.